The van der Waals surface area contributed by atoms with Crippen LogP contribution >= 0.6 is 0 Å². The van der Waals surface area contributed by atoms with Crippen molar-refractivity contribution < 1.29 is 4.42 Å². The van der Waals surface area contributed by atoms with Crippen molar-refractivity contribution in [3.8, 4) is 0 Å². The Morgan fingerprint density at radius 2 is 2.10 bits per heavy atom. The van der Waals surface area contributed by atoms with Gasteiger partial charge in [-0.25, -0.2) is 0 Å². The third-order valence-electron chi connectivity index (χ3n) is 4.64. The van der Waals surface area contributed by atoms with Crippen LogP contribution in [0.1, 0.15) is 52.3 Å². The van der Waals surface area contributed by atoms with E-state index in [2.05, 4.69) is 30.2 Å². The van der Waals surface area contributed by atoms with E-state index in [0.29, 0.717) is 5.92 Å². The van der Waals surface area contributed by atoms with Crippen molar-refractivity contribution in [2.24, 2.45) is 0 Å². The van der Waals surface area contributed by atoms with Crippen LogP contribution in [0.2, 0.25) is 0 Å². The van der Waals surface area contributed by atoms with Crippen LogP contribution in [0.5, 0.6) is 0 Å². The lowest BCUT2D eigenvalue weighted by atomic mass is 9.88. The molecular formula is C17H22N2O. The predicted molar refractivity (Wildman–Crippen MR) is 80.0 cm³/mol. The van der Waals surface area contributed by atoms with Crippen LogP contribution < -0.4 is 5.32 Å². The van der Waals surface area contributed by atoms with Gasteiger partial charge in [0, 0.05) is 29.4 Å². The lowest BCUT2D eigenvalue weighted by molar-refractivity contribution is 0.449. The Morgan fingerprint density at radius 3 is 2.75 bits per heavy atom. The number of pyridine rings is 1. The fraction of sp³-hybridized carbons (Fsp3) is 0.471. The highest BCUT2D eigenvalue weighted by molar-refractivity contribution is 5.39. The average Bonchev–Trinajstić information content (AvgIpc) is 2.97. The van der Waals surface area contributed by atoms with Crippen molar-refractivity contribution in [1.29, 1.82) is 0 Å². The summed E-state index contributed by atoms with van der Waals surface area (Å²) in [5.74, 6) is 2.49. The summed E-state index contributed by atoms with van der Waals surface area (Å²) in [6.45, 7) is 6.26. The predicted octanol–water partition coefficient (Wildman–Crippen LogP) is 3.59. The zero-order valence-corrected chi connectivity index (χ0v) is 12.7. The van der Waals surface area contributed by atoms with Crippen LogP contribution in [-0.2, 0) is 6.42 Å². The minimum absolute atomic E-state index is 0.281. The van der Waals surface area contributed by atoms with Gasteiger partial charge in [-0.3, -0.25) is 4.98 Å². The van der Waals surface area contributed by atoms with Crippen LogP contribution in [0.15, 0.2) is 22.7 Å². The second-order valence-corrected chi connectivity index (χ2v) is 5.71. The molecule has 2 unspecified atom stereocenters. The molecule has 0 radical (unpaired) electrons. The van der Waals surface area contributed by atoms with Crippen LogP contribution in [-0.4, -0.2) is 12.0 Å². The van der Waals surface area contributed by atoms with E-state index in [1.165, 1.54) is 22.4 Å². The molecule has 2 aromatic rings. The molecule has 20 heavy (non-hydrogen) atoms. The normalized spacial score (nSPS) is 19.1. The Bertz CT molecular complexity index is 630. The molecule has 3 nitrogen and oxygen atoms in total. The number of furan rings is 1. The molecular weight excluding hydrogens is 248 g/mol. The van der Waals surface area contributed by atoms with E-state index in [9.17, 15) is 0 Å². The van der Waals surface area contributed by atoms with E-state index in [1.807, 2.05) is 26.2 Å². The number of fused-ring (bicyclic) bond motifs is 1. The maximum absolute atomic E-state index is 5.82. The van der Waals surface area contributed by atoms with Crippen molar-refractivity contribution in [3.63, 3.8) is 0 Å². The molecule has 1 N–H and O–H groups in total. The van der Waals surface area contributed by atoms with Crippen molar-refractivity contribution in [2.75, 3.05) is 7.05 Å². The summed E-state index contributed by atoms with van der Waals surface area (Å²) < 4.78 is 5.82. The summed E-state index contributed by atoms with van der Waals surface area (Å²) in [6, 6.07) is 4.52. The molecule has 1 aliphatic carbocycles. The molecule has 0 fully saturated rings. The van der Waals surface area contributed by atoms with Crippen molar-refractivity contribution in [3.05, 3.63) is 52.2 Å². The summed E-state index contributed by atoms with van der Waals surface area (Å²) in [5, 5.41) is 3.50. The first-order chi connectivity index (χ1) is 9.63. The van der Waals surface area contributed by atoms with Crippen molar-refractivity contribution >= 4 is 0 Å². The Labute approximate surface area is 120 Å². The Hall–Kier alpha value is -1.61. The van der Waals surface area contributed by atoms with E-state index in [-0.39, 0.29) is 6.04 Å². The highest BCUT2D eigenvalue weighted by atomic mass is 16.3. The van der Waals surface area contributed by atoms with Crippen LogP contribution in [0.25, 0.3) is 0 Å². The molecule has 0 bridgehead atoms. The monoisotopic (exact) mass is 270 g/mol. The maximum Gasteiger partial charge on any atom is 0.106 e. The zero-order valence-electron chi connectivity index (χ0n) is 12.7. The van der Waals surface area contributed by atoms with Crippen LogP contribution in [0, 0.1) is 20.8 Å². The van der Waals surface area contributed by atoms with Crippen LogP contribution in [0.4, 0.5) is 0 Å². The number of nitrogens with one attached hydrogen (secondary N) is 1. The number of nitrogens with zero attached hydrogens (tertiary/aromatic N) is 1. The standard InChI is InChI=1S/C17H22N2O/c1-10-11(2)20-12(3)15(10)17(18-4)14-8-7-13-6-5-9-19-16(13)14/h5-6,9,14,17-18H,7-8H2,1-4H3. The SMILES string of the molecule is CNC(c1c(C)oc(C)c1C)C1CCc2cccnc21. The quantitative estimate of drug-likeness (QED) is 0.926. The molecule has 2 atom stereocenters. The van der Waals surface area contributed by atoms with Crippen molar-refractivity contribution in [2.45, 2.75) is 45.6 Å². The summed E-state index contributed by atoms with van der Waals surface area (Å²) in [7, 11) is 2.03. The first-order valence-electron chi connectivity index (χ1n) is 7.31. The van der Waals surface area contributed by atoms with Gasteiger partial charge >= 0.3 is 0 Å². The van der Waals surface area contributed by atoms with E-state index < -0.39 is 0 Å². The molecule has 0 aromatic carbocycles. The Morgan fingerprint density at radius 1 is 1.30 bits per heavy atom. The van der Waals surface area contributed by atoms with Crippen molar-refractivity contribution in [1.82, 2.24) is 10.3 Å². The molecule has 2 heterocycles. The third kappa shape index (κ3) is 1.97. The number of likely N-dealkylation sites (N-methyl/N-ethyl adjacent to an activating group) is 1. The molecule has 0 saturated carbocycles. The maximum atomic E-state index is 5.82. The molecule has 3 heteroatoms. The van der Waals surface area contributed by atoms with Gasteiger partial charge in [0.25, 0.3) is 0 Å². The Balaban J connectivity index is 2.04. The lowest BCUT2D eigenvalue weighted by Crippen LogP contribution is -2.24. The summed E-state index contributed by atoms with van der Waals surface area (Å²) in [4.78, 5) is 4.63. The average molecular weight is 270 g/mol. The molecule has 0 saturated heterocycles. The highest BCUT2D eigenvalue weighted by Crippen LogP contribution is 2.42. The molecule has 2 aromatic heterocycles. The van der Waals surface area contributed by atoms with Gasteiger partial charge in [0.1, 0.15) is 11.5 Å². The zero-order chi connectivity index (χ0) is 14.3. The minimum Gasteiger partial charge on any atom is -0.466 e. The Kier molecular flexibility index (Phi) is 3.38. The summed E-state index contributed by atoms with van der Waals surface area (Å²) >= 11 is 0. The fourth-order valence-electron chi connectivity index (χ4n) is 3.58. The second-order valence-electron chi connectivity index (χ2n) is 5.71. The van der Waals surface area contributed by atoms with Gasteiger partial charge < -0.3 is 9.73 Å². The first kappa shape index (κ1) is 13.4. The minimum atomic E-state index is 0.281. The number of aromatic nitrogens is 1. The number of hydrogen-bond donors (Lipinski definition) is 1. The molecule has 0 aliphatic heterocycles. The van der Waals surface area contributed by atoms with Gasteiger partial charge in [-0.2, -0.15) is 0 Å². The lowest BCUT2D eigenvalue weighted by Gasteiger charge is -2.24. The summed E-state index contributed by atoms with van der Waals surface area (Å²) in [5.41, 5.74) is 5.23. The van der Waals surface area contributed by atoms with Gasteiger partial charge in [0.15, 0.2) is 0 Å². The molecule has 106 valence electrons. The van der Waals surface area contributed by atoms with Gasteiger partial charge in [0.05, 0.1) is 0 Å². The first-order valence-corrected chi connectivity index (χ1v) is 7.31. The molecule has 0 spiro atoms. The molecule has 1 aliphatic rings. The number of rotatable bonds is 3. The topological polar surface area (TPSA) is 38.1 Å². The van der Waals surface area contributed by atoms with E-state index in [0.717, 1.165) is 24.4 Å². The van der Waals surface area contributed by atoms with E-state index in [1.54, 1.807) is 0 Å². The number of aryl methyl sites for hydroxylation is 3. The van der Waals surface area contributed by atoms with Gasteiger partial charge in [0.2, 0.25) is 0 Å². The third-order valence-corrected chi connectivity index (χ3v) is 4.64. The smallest absolute Gasteiger partial charge is 0.106 e. The highest BCUT2D eigenvalue weighted by Gasteiger charge is 2.34. The molecule has 0 amide bonds. The second kappa shape index (κ2) is 5.06. The van der Waals surface area contributed by atoms with E-state index >= 15 is 0 Å². The van der Waals surface area contributed by atoms with Gasteiger partial charge in [-0.1, -0.05) is 6.07 Å². The largest absolute Gasteiger partial charge is 0.466 e. The van der Waals surface area contributed by atoms with Gasteiger partial charge in [-0.05, 0) is 57.9 Å². The molecule has 3 rings (SSSR count). The van der Waals surface area contributed by atoms with Crippen LogP contribution in [0.3, 0.4) is 0 Å². The van der Waals surface area contributed by atoms with Gasteiger partial charge in [-0.15, -0.1) is 0 Å². The fourth-order valence-corrected chi connectivity index (χ4v) is 3.58. The summed E-state index contributed by atoms with van der Waals surface area (Å²) in [6.07, 6.45) is 4.19. The number of hydrogen-bond acceptors (Lipinski definition) is 3. The van der Waals surface area contributed by atoms with E-state index in [4.69, 9.17) is 4.42 Å².